The summed E-state index contributed by atoms with van der Waals surface area (Å²) in [6.07, 6.45) is 5.70. The normalized spacial score (nSPS) is 9.94. The van der Waals surface area contributed by atoms with Crippen LogP contribution in [0.1, 0.15) is 19.4 Å². The van der Waals surface area contributed by atoms with Crippen LogP contribution in [0, 0.1) is 6.92 Å². The van der Waals surface area contributed by atoms with Gasteiger partial charge in [0.1, 0.15) is 0 Å². The SMILES string of the molecule is CC.Cc1cnc2c(-c3ccccc3)cnn2c1. The van der Waals surface area contributed by atoms with Gasteiger partial charge in [0.25, 0.3) is 0 Å². The highest BCUT2D eigenvalue weighted by molar-refractivity contribution is 5.76. The average Bonchev–Trinajstić information content (AvgIpc) is 2.85. The lowest BCUT2D eigenvalue weighted by Gasteiger charge is -1.98. The van der Waals surface area contributed by atoms with Gasteiger partial charge in [0, 0.05) is 18.0 Å². The monoisotopic (exact) mass is 239 g/mol. The number of rotatable bonds is 1. The summed E-state index contributed by atoms with van der Waals surface area (Å²) in [7, 11) is 0. The Labute approximate surface area is 107 Å². The van der Waals surface area contributed by atoms with Crippen molar-refractivity contribution in [1.82, 2.24) is 14.6 Å². The number of hydrogen-bond donors (Lipinski definition) is 0. The number of aryl methyl sites for hydroxylation is 1. The molecule has 0 N–H and O–H groups in total. The maximum Gasteiger partial charge on any atom is 0.162 e. The van der Waals surface area contributed by atoms with E-state index >= 15 is 0 Å². The Morgan fingerprint density at radius 3 is 2.44 bits per heavy atom. The fourth-order valence-electron chi connectivity index (χ4n) is 1.79. The molecule has 3 rings (SSSR count). The molecule has 0 unspecified atom stereocenters. The minimum absolute atomic E-state index is 0.900. The third kappa shape index (κ3) is 2.25. The molecule has 2 heterocycles. The number of nitrogens with zero attached hydrogens (tertiary/aromatic N) is 3. The van der Waals surface area contributed by atoms with Gasteiger partial charge in [0.15, 0.2) is 5.65 Å². The van der Waals surface area contributed by atoms with Crippen LogP contribution >= 0.6 is 0 Å². The summed E-state index contributed by atoms with van der Waals surface area (Å²) in [5.41, 5.74) is 4.22. The third-order valence-electron chi connectivity index (χ3n) is 2.57. The predicted octanol–water partition coefficient (Wildman–Crippen LogP) is 3.73. The van der Waals surface area contributed by atoms with Crippen molar-refractivity contribution in [2.75, 3.05) is 0 Å². The molecule has 0 amide bonds. The van der Waals surface area contributed by atoms with Crippen molar-refractivity contribution in [1.29, 1.82) is 0 Å². The van der Waals surface area contributed by atoms with Gasteiger partial charge < -0.3 is 0 Å². The molecule has 92 valence electrons. The van der Waals surface area contributed by atoms with Gasteiger partial charge in [0.05, 0.1) is 6.20 Å². The van der Waals surface area contributed by atoms with Crippen molar-refractivity contribution in [3.63, 3.8) is 0 Å². The maximum atomic E-state index is 4.42. The summed E-state index contributed by atoms with van der Waals surface area (Å²) >= 11 is 0. The summed E-state index contributed by atoms with van der Waals surface area (Å²) in [5, 5.41) is 4.31. The van der Waals surface area contributed by atoms with Crippen LogP contribution in [-0.4, -0.2) is 14.6 Å². The van der Waals surface area contributed by atoms with E-state index in [9.17, 15) is 0 Å². The van der Waals surface area contributed by atoms with Crippen molar-refractivity contribution in [2.45, 2.75) is 20.8 Å². The second-order valence-electron chi connectivity index (χ2n) is 3.82. The summed E-state index contributed by atoms with van der Waals surface area (Å²) < 4.78 is 1.82. The van der Waals surface area contributed by atoms with E-state index in [1.165, 1.54) is 0 Å². The Hall–Kier alpha value is -2.16. The molecule has 0 bridgehead atoms. The molecule has 1 aromatic carbocycles. The predicted molar refractivity (Wildman–Crippen MR) is 74.5 cm³/mol. The highest BCUT2D eigenvalue weighted by Crippen LogP contribution is 2.22. The zero-order valence-electron chi connectivity index (χ0n) is 11.0. The summed E-state index contributed by atoms with van der Waals surface area (Å²) in [6, 6.07) is 10.2. The topological polar surface area (TPSA) is 30.2 Å². The van der Waals surface area contributed by atoms with Gasteiger partial charge in [-0.2, -0.15) is 5.10 Å². The standard InChI is InChI=1S/C13H11N3.C2H6/c1-10-7-14-13-12(8-15-16(13)9-10)11-5-3-2-4-6-11;1-2/h2-9H,1H3;1-2H3. The van der Waals surface area contributed by atoms with Crippen LogP contribution in [0.3, 0.4) is 0 Å². The van der Waals surface area contributed by atoms with Gasteiger partial charge in [-0.1, -0.05) is 44.2 Å². The van der Waals surface area contributed by atoms with Crippen LogP contribution in [0.15, 0.2) is 48.9 Å². The first-order valence-corrected chi connectivity index (χ1v) is 6.20. The third-order valence-corrected chi connectivity index (χ3v) is 2.57. The van der Waals surface area contributed by atoms with E-state index in [1.54, 1.807) is 0 Å². The van der Waals surface area contributed by atoms with Crippen LogP contribution in [0.25, 0.3) is 16.8 Å². The first kappa shape index (κ1) is 12.3. The van der Waals surface area contributed by atoms with E-state index in [2.05, 4.69) is 22.2 Å². The molecule has 18 heavy (non-hydrogen) atoms. The average molecular weight is 239 g/mol. The zero-order chi connectivity index (χ0) is 13.0. The maximum absolute atomic E-state index is 4.42. The molecular formula is C15H17N3. The molecule has 0 saturated carbocycles. The first-order chi connectivity index (χ1) is 8.84. The molecule has 0 aliphatic heterocycles. The molecule has 2 aromatic heterocycles. The van der Waals surface area contributed by atoms with Crippen molar-refractivity contribution in [2.24, 2.45) is 0 Å². The number of fused-ring (bicyclic) bond motifs is 1. The zero-order valence-corrected chi connectivity index (χ0v) is 11.0. The van der Waals surface area contributed by atoms with Crippen LogP contribution < -0.4 is 0 Å². The summed E-state index contributed by atoms with van der Waals surface area (Å²) in [4.78, 5) is 4.42. The van der Waals surface area contributed by atoms with Crippen molar-refractivity contribution in [3.05, 3.63) is 54.5 Å². The lowest BCUT2D eigenvalue weighted by Crippen LogP contribution is -1.90. The molecule has 3 aromatic rings. The largest absolute Gasteiger partial charge is 0.236 e. The van der Waals surface area contributed by atoms with E-state index in [0.29, 0.717) is 0 Å². The molecule has 0 saturated heterocycles. The number of aromatic nitrogens is 3. The molecule has 0 fully saturated rings. The molecule has 0 spiro atoms. The van der Waals surface area contributed by atoms with Crippen LogP contribution in [0.5, 0.6) is 0 Å². The second-order valence-corrected chi connectivity index (χ2v) is 3.82. The van der Waals surface area contributed by atoms with Gasteiger partial charge in [-0.3, -0.25) is 0 Å². The van der Waals surface area contributed by atoms with Gasteiger partial charge >= 0.3 is 0 Å². The van der Waals surface area contributed by atoms with Crippen molar-refractivity contribution in [3.8, 4) is 11.1 Å². The van der Waals surface area contributed by atoms with E-state index < -0.39 is 0 Å². The molecule has 0 atom stereocenters. The lowest BCUT2D eigenvalue weighted by atomic mass is 10.1. The fourth-order valence-corrected chi connectivity index (χ4v) is 1.79. The number of benzene rings is 1. The van der Waals surface area contributed by atoms with Crippen molar-refractivity contribution >= 4 is 5.65 Å². The smallest absolute Gasteiger partial charge is 0.162 e. The minimum atomic E-state index is 0.900. The van der Waals surface area contributed by atoms with E-state index in [4.69, 9.17) is 0 Å². The first-order valence-electron chi connectivity index (χ1n) is 6.20. The summed E-state index contributed by atoms with van der Waals surface area (Å²) in [5.74, 6) is 0. The van der Waals surface area contributed by atoms with Gasteiger partial charge in [-0.15, -0.1) is 0 Å². The molecule has 0 aliphatic rings. The Morgan fingerprint density at radius 1 is 1.00 bits per heavy atom. The summed E-state index contributed by atoms with van der Waals surface area (Å²) in [6.45, 7) is 6.01. The van der Waals surface area contributed by atoms with E-state index in [0.717, 1.165) is 22.3 Å². The molecule has 3 heteroatoms. The van der Waals surface area contributed by atoms with Crippen molar-refractivity contribution < 1.29 is 0 Å². The molecular weight excluding hydrogens is 222 g/mol. The highest BCUT2D eigenvalue weighted by Gasteiger charge is 2.06. The van der Waals surface area contributed by atoms with Gasteiger partial charge in [0.2, 0.25) is 0 Å². The highest BCUT2D eigenvalue weighted by atomic mass is 15.2. The van der Waals surface area contributed by atoms with Crippen LogP contribution in [0.2, 0.25) is 0 Å². The quantitative estimate of drug-likeness (QED) is 0.647. The second kappa shape index (κ2) is 5.45. The molecule has 0 radical (unpaired) electrons. The Bertz CT molecular complexity index is 627. The Balaban J connectivity index is 0.000000574. The van der Waals surface area contributed by atoms with Crippen LogP contribution in [-0.2, 0) is 0 Å². The lowest BCUT2D eigenvalue weighted by molar-refractivity contribution is 0.928. The molecule has 0 aliphatic carbocycles. The van der Waals surface area contributed by atoms with E-state index in [-0.39, 0.29) is 0 Å². The van der Waals surface area contributed by atoms with Gasteiger partial charge in [-0.25, -0.2) is 9.50 Å². The number of hydrogen-bond acceptors (Lipinski definition) is 2. The molecule has 3 nitrogen and oxygen atoms in total. The van der Waals surface area contributed by atoms with Gasteiger partial charge in [-0.05, 0) is 18.1 Å². The Kier molecular flexibility index (Phi) is 3.72. The van der Waals surface area contributed by atoms with Crippen LogP contribution in [0.4, 0.5) is 0 Å². The van der Waals surface area contributed by atoms with E-state index in [1.807, 2.05) is 62.1 Å². The fraction of sp³-hybridized carbons (Fsp3) is 0.200. The minimum Gasteiger partial charge on any atom is -0.236 e. The Morgan fingerprint density at radius 2 is 1.72 bits per heavy atom.